The summed E-state index contributed by atoms with van der Waals surface area (Å²) in [5.41, 5.74) is 0.301. The van der Waals surface area contributed by atoms with E-state index >= 15 is 0 Å². The van der Waals surface area contributed by atoms with Gasteiger partial charge in [-0.15, -0.1) is 0 Å². The van der Waals surface area contributed by atoms with Crippen LogP contribution in [0.15, 0.2) is 6.20 Å². The summed E-state index contributed by atoms with van der Waals surface area (Å²) < 4.78 is 20.4. The lowest BCUT2D eigenvalue weighted by atomic mass is 9.68. The maximum Gasteiger partial charge on any atom is 0.226 e. The van der Waals surface area contributed by atoms with Gasteiger partial charge in [0, 0.05) is 24.9 Å². The van der Waals surface area contributed by atoms with Gasteiger partial charge >= 0.3 is 0 Å². The van der Waals surface area contributed by atoms with E-state index in [9.17, 15) is 5.11 Å². The first-order valence-electron chi connectivity index (χ1n) is 11.7. The smallest absolute Gasteiger partial charge is 0.226 e. The first-order chi connectivity index (χ1) is 15.3. The second-order valence-electron chi connectivity index (χ2n) is 10.8. The van der Waals surface area contributed by atoms with Gasteiger partial charge in [0.15, 0.2) is 17.7 Å². The molecule has 5 fully saturated rings. The van der Waals surface area contributed by atoms with E-state index in [2.05, 4.69) is 20.0 Å². The molecule has 1 N–H and O–H groups in total. The maximum atomic E-state index is 10.3. The number of halogens is 1. The van der Waals surface area contributed by atoms with Crippen LogP contribution in [0.5, 0.6) is 0 Å². The number of aliphatic hydroxyl groups is 1. The standard InChI is InChI=1S/C22H28ClN5O4/c1-20(2)30-14-15(31-20)22(8-13(22)29)32-18(14)28-17-12(9-24-28)16(25-19(23)26-17)27-10-21(11-27)6-4-3-5-7-21/h9,13-15,18,29H,3-8,10-11H2,1-2H3/t13-,14+,15-,18+,22-/m0/s1. The normalized spacial score (nSPS) is 39.1. The quantitative estimate of drug-likeness (QED) is 0.682. The van der Waals surface area contributed by atoms with Crippen molar-refractivity contribution in [2.24, 2.45) is 5.41 Å². The molecule has 2 aromatic heterocycles. The summed E-state index contributed by atoms with van der Waals surface area (Å²) in [5, 5.41) is 16.0. The highest BCUT2D eigenvalue weighted by Gasteiger charge is 2.74. The van der Waals surface area contributed by atoms with Gasteiger partial charge in [-0.2, -0.15) is 15.1 Å². The molecule has 0 bridgehead atoms. The molecule has 0 unspecified atom stereocenters. The molecule has 3 aliphatic heterocycles. The van der Waals surface area contributed by atoms with Crippen molar-refractivity contribution in [2.75, 3.05) is 18.0 Å². The number of anilines is 1. The van der Waals surface area contributed by atoms with Crippen LogP contribution in [-0.4, -0.2) is 67.6 Å². The number of aliphatic hydroxyl groups excluding tert-OH is 1. The van der Waals surface area contributed by atoms with Crippen LogP contribution >= 0.6 is 11.6 Å². The zero-order valence-electron chi connectivity index (χ0n) is 18.3. The van der Waals surface area contributed by atoms with Crippen LogP contribution in [0.25, 0.3) is 11.0 Å². The van der Waals surface area contributed by atoms with Crippen molar-refractivity contribution in [3.8, 4) is 0 Å². The van der Waals surface area contributed by atoms with E-state index in [0.717, 1.165) is 24.3 Å². The molecule has 9 nitrogen and oxygen atoms in total. The summed E-state index contributed by atoms with van der Waals surface area (Å²) in [4.78, 5) is 11.4. The minimum absolute atomic E-state index is 0.193. The summed E-state index contributed by atoms with van der Waals surface area (Å²) >= 11 is 6.38. The zero-order valence-corrected chi connectivity index (χ0v) is 19.1. The first kappa shape index (κ1) is 19.9. The van der Waals surface area contributed by atoms with Crippen molar-refractivity contribution in [1.82, 2.24) is 19.7 Å². The lowest BCUT2D eigenvalue weighted by molar-refractivity contribution is -0.206. The average molecular weight is 462 g/mol. The Bertz CT molecular complexity index is 1090. The molecule has 5 atom stereocenters. The Hall–Kier alpha value is -1.52. The highest BCUT2D eigenvalue weighted by Crippen LogP contribution is 2.59. The third kappa shape index (κ3) is 2.69. The largest absolute Gasteiger partial charge is 0.390 e. The van der Waals surface area contributed by atoms with E-state index in [1.807, 2.05) is 13.8 Å². The second kappa shape index (κ2) is 6.33. The molecular weight excluding hydrogens is 434 g/mol. The molecule has 2 saturated carbocycles. The third-order valence-electron chi connectivity index (χ3n) is 8.06. The summed E-state index contributed by atoms with van der Waals surface area (Å²) in [6.07, 6.45) is 7.02. The molecule has 7 rings (SSSR count). The Morgan fingerprint density at radius 2 is 1.84 bits per heavy atom. The second-order valence-corrected chi connectivity index (χ2v) is 11.1. The average Bonchev–Trinajstić information content (AvgIpc) is 3.01. The molecule has 0 amide bonds. The van der Waals surface area contributed by atoms with Crippen molar-refractivity contribution >= 4 is 28.5 Å². The van der Waals surface area contributed by atoms with Gasteiger partial charge in [0.1, 0.15) is 23.6 Å². The minimum atomic E-state index is -0.751. The van der Waals surface area contributed by atoms with Gasteiger partial charge in [-0.25, -0.2) is 4.68 Å². The highest BCUT2D eigenvalue weighted by molar-refractivity contribution is 6.28. The van der Waals surface area contributed by atoms with Crippen molar-refractivity contribution in [1.29, 1.82) is 0 Å². The van der Waals surface area contributed by atoms with E-state index in [4.69, 9.17) is 25.8 Å². The molecule has 172 valence electrons. The van der Waals surface area contributed by atoms with E-state index in [1.165, 1.54) is 32.1 Å². The molecule has 0 radical (unpaired) electrons. The first-order valence-corrected chi connectivity index (χ1v) is 12.0. The van der Waals surface area contributed by atoms with Crippen LogP contribution in [0.3, 0.4) is 0 Å². The molecule has 3 saturated heterocycles. The number of nitrogens with zero attached hydrogens (tertiary/aromatic N) is 5. The fourth-order valence-corrected chi connectivity index (χ4v) is 6.60. The van der Waals surface area contributed by atoms with Crippen LogP contribution in [0, 0.1) is 5.41 Å². The van der Waals surface area contributed by atoms with Crippen LogP contribution < -0.4 is 4.90 Å². The fraction of sp³-hybridized carbons (Fsp3) is 0.773. The molecule has 2 aliphatic carbocycles. The van der Waals surface area contributed by atoms with Crippen molar-refractivity contribution in [3.05, 3.63) is 11.5 Å². The number of fused-ring (bicyclic) bond motifs is 3. The van der Waals surface area contributed by atoms with Crippen LogP contribution in [-0.2, 0) is 14.2 Å². The van der Waals surface area contributed by atoms with Crippen molar-refractivity contribution in [2.45, 2.75) is 88.3 Å². The SMILES string of the molecule is CC1(C)O[C@H]2[C@H](n3ncc4c(N5CC6(CCCCC6)C5)nc(Cl)nc43)O[C@]3(C[C@@H]3O)[C@H]2O1. The van der Waals surface area contributed by atoms with Gasteiger partial charge < -0.3 is 24.2 Å². The molecule has 0 aromatic carbocycles. The van der Waals surface area contributed by atoms with Crippen molar-refractivity contribution in [3.63, 3.8) is 0 Å². The lowest BCUT2D eigenvalue weighted by Crippen LogP contribution is -2.57. The number of hydrogen-bond donors (Lipinski definition) is 1. The van der Waals surface area contributed by atoms with E-state index in [0.29, 0.717) is 17.5 Å². The Morgan fingerprint density at radius 3 is 2.56 bits per heavy atom. The minimum Gasteiger partial charge on any atom is -0.390 e. The summed E-state index contributed by atoms with van der Waals surface area (Å²) in [5.74, 6) is 0.0846. The molecule has 10 heteroatoms. The molecule has 2 spiro atoms. The van der Waals surface area contributed by atoms with E-state index in [1.54, 1.807) is 10.9 Å². The maximum absolute atomic E-state index is 10.3. The van der Waals surface area contributed by atoms with Crippen LogP contribution in [0.4, 0.5) is 5.82 Å². The number of aromatic nitrogens is 4. The van der Waals surface area contributed by atoms with Crippen LogP contribution in [0.1, 0.15) is 58.6 Å². The Kier molecular flexibility index (Phi) is 3.94. The molecule has 32 heavy (non-hydrogen) atoms. The molecular formula is C22H28ClN5O4. The monoisotopic (exact) mass is 461 g/mol. The van der Waals surface area contributed by atoms with Gasteiger partial charge in [0.2, 0.25) is 5.28 Å². The van der Waals surface area contributed by atoms with Gasteiger partial charge in [0.25, 0.3) is 0 Å². The Morgan fingerprint density at radius 1 is 1.09 bits per heavy atom. The zero-order chi connectivity index (χ0) is 21.9. The lowest BCUT2D eigenvalue weighted by Gasteiger charge is -2.53. The molecule has 5 aliphatic rings. The van der Waals surface area contributed by atoms with E-state index < -0.39 is 29.8 Å². The number of rotatable bonds is 2. The highest BCUT2D eigenvalue weighted by atomic mass is 35.5. The summed E-state index contributed by atoms with van der Waals surface area (Å²) in [7, 11) is 0. The van der Waals surface area contributed by atoms with Crippen LogP contribution in [0.2, 0.25) is 5.28 Å². The summed E-state index contributed by atoms with van der Waals surface area (Å²) in [6.45, 7) is 5.78. The van der Waals surface area contributed by atoms with Crippen molar-refractivity contribution < 1.29 is 19.3 Å². The van der Waals surface area contributed by atoms with Gasteiger partial charge in [0.05, 0.1) is 17.7 Å². The summed E-state index contributed by atoms with van der Waals surface area (Å²) in [6, 6.07) is 0. The Labute approximate surface area is 191 Å². The van der Waals surface area contributed by atoms with E-state index in [-0.39, 0.29) is 11.4 Å². The predicted molar refractivity (Wildman–Crippen MR) is 115 cm³/mol. The molecule has 2 aromatic rings. The topological polar surface area (TPSA) is 94.8 Å². The Balaban J connectivity index is 1.24. The van der Waals surface area contributed by atoms with Gasteiger partial charge in [-0.3, -0.25) is 0 Å². The number of hydrogen-bond acceptors (Lipinski definition) is 8. The van der Waals surface area contributed by atoms with Gasteiger partial charge in [-0.1, -0.05) is 19.3 Å². The van der Waals surface area contributed by atoms with Gasteiger partial charge in [-0.05, 0) is 38.3 Å². The predicted octanol–water partition coefficient (Wildman–Crippen LogP) is 2.80. The fourth-order valence-electron chi connectivity index (χ4n) is 6.44. The third-order valence-corrected chi connectivity index (χ3v) is 8.23. The number of ether oxygens (including phenoxy) is 3. The molecule has 5 heterocycles.